The van der Waals surface area contributed by atoms with Crippen LogP contribution >= 0.6 is 0 Å². The zero-order valence-corrected chi connectivity index (χ0v) is 11.4. The third kappa shape index (κ3) is 3.51. The van der Waals surface area contributed by atoms with Crippen LogP contribution in [0.4, 0.5) is 5.69 Å². The predicted molar refractivity (Wildman–Crippen MR) is 72.8 cm³/mol. The first-order chi connectivity index (χ1) is 8.49. The Balaban J connectivity index is 3.19. The third-order valence-electron chi connectivity index (χ3n) is 2.97. The van der Waals surface area contributed by atoms with Crippen molar-refractivity contribution in [3.8, 4) is 0 Å². The Morgan fingerprint density at radius 2 is 2.11 bits per heavy atom. The molecule has 0 heterocycles. The van der Waals surface area contributed by atoms with Gasteiger partial charge in [-0.2, -0.15) is 0 Å². The molecule has 5 heteroatoms. The van der Waals surface area contributed by atoms with E-state index in [1.807, 2.05) is 45.1 Å². The van der Waals surface area contributed by atoms with Gasteiger partial charge in [0.1, 0.15) is 0 Å². The molecule has 0 aliphatic carbocycles. The first-order valence-corrected chi connectivity index (χ1v) is 6.08. The average Bonchev–Trinajstić information content (AvgIpc) is 2.34. The van der Waals surface area contributed by atoms with Crippen LogP contribution in [0.15, 0.2) is 18.2 Å². The van der Waals surface area contributed by atoms with Crippen molar-refractivity contribution in [2.24, 2.45) is 0 Å². The summed E-state index contributed by atoms with van der Waals surface area (Å²) in [5.74, 6) is 0. The van der Waals surface area contributed by atoms with Gasteiger partial charge in [-0.1, -0.05) is 13.0 Å². The predicted octanol–water partition coefficient (Wildman–Crippen LogP) is 1.98. The largest absolute Gasteiger partial charge is 0.312 e. The van der Waals surface area contributed by atoms with Crippen molar-refractivity contribution in [3.05, 3.63) is 39.4 Å². The van der Waals surface area contributed by atoms with Crippen molar-refractivity contribution < 1.29 is 4.92 Å². The van der Waals surface area contributed by atoms with Crippen LogP contribution in [0.2, 0.25) is 0 Å². The van der Waals surface area contributed by atoms with Crippen molar-refractivity contribution in [1.82, 2.24) is 10.2 Å². The lowest BCUT2D eigenvalue weighted by atomic mass is 10.0. The smallest absolute Gasteiger partial charge is 0.274 e. The molecule has 1 rings (SSSR count). The van der Waals surface area contributed by atoms with E-state index in [0.29, 0.717) is 0 Å². The summed E-state index contributed by atoms with van der Waals surface area (Å²) in [5, 5.41) is 14.2. The molecule has 0 saturated carbocycles. The average molecular weight is 251 g/mol. The highest BCUT2D eigenvalue weighted by Gasteiger charge is 2.21. The van der Waals surface area contributed by atoms with E-state index in [-0.39, 0.29) is 16.7 Å². The zero-order chi connectivity index (χ0) is 13.7. The second-order valence-corrected chi connectivity index (χ2v) is 4.61. The van der Waals surface area contributed by atoms with E-state index in [2.05, 4.69) is 5.32 Å². The van der Waals surface area contributed by atoms with E-state index >= 15 is 0 Å². The van der Waals surface area contributed by atoms with E-state index in [1.54, 1.807) is 6.07 Å². The molecule has 18 heavy (non-hydrogen) atoms. The van der Waals surface area contributed by atoms with Gasteiger partial charge in [-0.25, -0.2) is 0 Å². The standard InChI is InChI=1S/C13H21N3O2/c1-5-10-6-7-13(16(17)18)11(8-10)12(14-2)9-15(3)4/h6-8,12,14H,5,9H2,1-4H3. The van der Waals surface area contributed by atoms with Crippen LogP contribution in [-0.4, -0.2) is 37.5 Å². The highest BCUT2D eigenvalue weighted by molar-refractivity contribution is 5.45. The second-order valence-electron chi connectivity index (χ2n) is 4.61. The lowest BCUT2D eigenvalue weighted by Gasteiger charge is -2.21. The van der Waals surface area contributed by atoms with Crippen molar-refractivity contribution in [2.45, 2.75) is 19.4 Å². The van der Waals surface area contributed by atoms with Crippen molar-refractivity contribution in [1.29, 1.82) is 0 Å². The Morgan fingerprint density at radius 1 is 1.44 bits per heavy atom. The minimum absolute atomic E-state index is 0.0353. The molecular formula is C13H21N3O2. The summed E-state index contributed by atoms with van der Waals surface area (Å²) in [6, 6.07) is 5.33. The van der Waals surface area contributed by atoms with Crippen LogP contribution in [0.5, 0.6) is 0 Å². The van der Waals surface area contributed by atoms with Gasteiger partial charge >= 0.3 is 0 Å². The first-order valence-electron chi connectivity index (χ1n) is 6.08. The minimum Gasteiger partial charge on any atom is -0.312 e. The number of rotatable bonds is 6. The molecule has 0 amide bonds. The molecule has 0 spiro atoms. The summed E-state index contributed by atoms with van der Waals surface area (Å²) in [6.07, 6.45) is 0.878. The van der Waals surface area contributed by atoms with Crippen LogP contribution in [0, 0.1) is 10.1 Å². The zero-order valence-electron chi connectivity index (χ0n) is 11.4. The first kappa shape index (κ1) is 14.6. The second kappa shape index (κ2) is 6.47. The number of nitro groups is 1. The quantitative estimate of drug-likeness (QED) is 0.620. The Morgan fingerprint density at radius 3 is 2.56 bits per heavy atom. The Kier molecular flexibility index (Phi) is 5.25. The lowest BCUT2D eigenvalue weighted by Crippen LogP contribution is -2.29. The molecule has 1 aromatic carbocycles. The fourth-order valence-corrected chi connectivity index (χ4v) is 1.98. The molecule has 1 atom stereocenters. The maximum Gasteiger partial charge on any atom is 0.274 e. The van der Waals surface area contributed by atoms with E-state index in [4.69, 9.17) is 0 Å². The van der Waals surface area contributed by atoms with E-state index in [0.717, 1.165) is 24.1 Å². The summed E-state index contributed by atoms with van der Waals surface area (Å²) < 4.78 is 0. The van der Waals surface area contributed by atoms with Gasteiger partial charge in [0.05, 0.1) is 11.0 Å². The molecule has 0 fully saturated rings. The van der Waals surface area contributed by atoms with Gasteiger partial charge in [0.25, 0.3) is 5.69 Å². The molecule has 0 bridgehead atoms. The molecule has 0 aromatic heterocycles. The van der Waals surface area contributed by atoms with E-state index < -0.39 is 0 Å². The normalized spacial score (nSPS) is 12.7. The minimum atomic E-state index is -0.311. The van der Waals surface area contributed by atoms with Crippen LogP contribution < -0.4 is 5.32 Å². The van der Waals surface area contributed by atoms with Crippen molar-refractivity contribution in [3.63, 3.8) is 0 Å². The summed E-state index contributed by atoms with van der Waals surface area (Å²) in [7, 11) is 5.75. The topological polar surface area (TPSA) is 58.4 Å². The van der Waals surface area contributed by atoms with Gasteiger partial charge in [0.15, 0.2) is 0 Å². The molecule has 1 aromatic rings. The van der Waals surface area contributed by atoms with Gasteiger partial charge in [-0.3, -0.25) is 10.1 Å². The van der Waals surface area contributed by atoms with Gasteiger partial charge in [0, 0.05) is 18.2 Å². The monoisotopic (exact) mass is 251 g/mol. The fourth-order valence-electron chi connectivity index (χ4n) is 1.98. The molecule has 0 radical (unpaired) electrons. The van der Waals surface area contributed by atoms with Gasteiger partial charge < -0.3 is 10.2 Å². The Bertz CT molecular complexity index is 419. The van der Waals surface area contributed by atoms with Crippen molar-refractivity contribution in [2.75, 3.05) is 27.7 Å². The number of hydrogen-bond donors (Lipinski definition) is 1. The number of benzene rings is 1. The van der Waals surface area contributed by atoms with Gasteiger partial charge in [-0.05, 0) is 39.2 Å². The summed E-state index contributed by atoms with van der Waals surface area (Å²) in [4.78, 5) is 12.8. The number of nitrogens with one attached hydrogen (secondary N) is 1. The molecule has 1 N–H and O–H groups in total. The number of aryl methyl sites for hydroxylation is 1. The molecule has 5 nitrogen and oxygen atoms in total. The number of likely N-dealkylation sites (N-methyl/N-ethyl adjacent to an activating group) is 2. The Hall–Kier alpha value is -1.46. The fraction of sp³-hybridized carbons (Fsp3) is 0.538. The summed E-state index contributed by atoms with van der Waals surface area (Å²) >= 11 is 0. The van der Waals surface area contributed by atoms with Crippen LogP contribution in [-0.2, 0) is 6.42 Å². The highest BCUT2D eigenvalue weighted by Crippen LogP contribution is 2.26. The van der Waals surface area contributed by atoms with E-state index in [1.165, 1.54) is 0 Å². The Labute approximate surface area is 108 Å². The lowest BCUT2D eigenvalue weighted by molar-refractivity contribution is -0.385. The highest BCUT2D eigenvalue weighted by atomic mass is 16.6. The number of hydrogen-bond acceptors (Lipinski definition) is 4. The molecule has 100 valence electrons. The van der Waals surface area contributed by atoms with Gasteiger partial charge in [0.2, 0.25) is 0 Å². The third-order valence-corrected chi connectivity index (χ3v) is 2.97. The SMILES string of the molecule is CCc1ccc([N+](=O)[O-])c(C(CN(C)C)NC)c1. The van der Waals surface area contributed by atoms with Crippen LogP contribution in [0.1, 0.15) is 24.1 Å². The van der Waals surface area contributed by atoms with Crippen LogP contribution in [0.25, 0.3) is 0 Å². The van der Waals surface area contributed by atoms with E-state index in [9.17, 15) is 10.1 Å². The van der Waals surface area contributed by atoms with Crippen LogP contribution in [0.3, 0.4) is 0 Å². The number of nitro benzene ring substituents is 1. The van der Waals surface area contributed by atoms with Gasteiger partial charge in [-0.15, -0.1) is 0 Å². The molecule has 1 unspecified atom stereocenters. The molecule has 0 saturated heterocycles. The van der Waals surface area contributed by atoms with Crippen molar-refractivity contribution >= 4 is 5.69 Å². The maximum atomic E-state index is 11.1. The molecule has 0 aliphatic rings. The summed E-state index contributed by atoms with van der Waals surface area (Å²) in [5.41, 5.74) is 2.07. The summed E-state index contributed by atoms with van der Waals surface area (Å²) in [6.45, 7) is 2.77. The molecule has 0 aliphatic heterocycles. The number of nitrogens with zero attached hydrogens (tertiary/aromatic N) is 2. The molecular weight excluding hydrogens is 230 g/mol. The maximum absolute atomic E-state index is 11.1.